The summed E-state index contributed by atoms with van der Waals surface area (Å²) in [6, 6.07) is 10.2. The van der Waals surface area contributed by atoms with Crippen LogP contribution in [0.5, 0.6) is 5.75 Å². The zero-order chi connectivity index (χ0) is 21.4. The number of nitriles is 1. The highest BCUT2D eigenvalue weighted by Gasteiger charge is 2.22. The molecule has 0 aliphatic rings. The van der Waals surface area contributed by atoms with Gasteiger partial charge in [-0.1, -0.05) is 19.9 Å². The molecule has 0 aliphatic heterocycles. The Labute approximate surface area is 168 Å². The minimum absolute atomic E-state index is 0.0687. The minimum Gasteiger partial charge on any atom is -0.489 e. The van der Waals surface area contributed by atoms with Gasteiger partial charge in [0, 0.05) is 17.1 Å². The third-order valence-corrected chi connectivity index (χ3v) is 3.94. The monoisotopic (exact) mass is 398 g/mol. The van der Waals surface area contributed by atoms with Crippen LogP contribution in [0.4, 0.5) is 4.39 Å². The van der Waals surface area contributed by atoms with Crippen molar-refractivity contribution in [3.63, 3.8) is 0 Å². The molecule has 1 unspecified atom stereocenters. The lowest BCUT2D eigenvalue weighted by atomic mass is 10.1. The summed E-state index contributed by atoms with van der Waals surface area (Å²) in [5.74, 6) is -0.299. The Hall–Kier alpha value is -3.40. The van der Waals surface area contributed by atoms with Crippen LogP contribution in [-0.2, 0) is 11.3 Å². The summed E-state index contributed by atoms with van der Waals surface area (Å²) >= 11 is 0. The Bertz CT molecular complexity index is 1020. The van der Waals surface area contributed by atoms with Crippen molar-refractivity contribution in [1.29, 1.82) is 5.26 Å². The third-order valence-electron chi connectivity index (χ3n) is 3.94. The number of nitrogens with zero attached hydrogens (tertiary/aromatic N) is 2. The summed E-state index contributed by atoms with van der Waals surface area (Å²) in [6.07, 6.45) is 0.316. The Morgan fingerprint density at radius 2 is 2.10 bits per heavy atom. The minimum atomic E-state index is -1.21. The zero-order valence-electron chi connectivity index (χ0n) is 16.9. The molecular weight excluding hydrogens is 375 g/mol. The normalized spacial score (nSPS) is 11.2. The van der Waals surface area contributed by atoms with Gasteiger partial charge in [0.1, 0.15) is 35.7 Å². The van der Waals surface area contributed by atoms with Gasteiger partial charge in [0.2, 0.25) is 5.76 Å². The van der Waals surface area contributed by atoms with E-state index in [0.717, 1.165) is 0 Å². The number of carbonyl (C=O) groups excluding carboxylic acids is 1. The van der Waals surface area contributed by atoms with Gasteiger partial charge >= 0.3 is 5.97 Å². The number of hydrogen-bond donors (Lipinski definition) is 0. The van der Waals surface area contributed by atoms with Crippen LogP contribution < -0.4 is 4.74 Å². The highest BCUT2D eigenvalue weighted by Crippen LogP contribution is 2.30. The SMILES string of the molecule is CC.CCOC(=O)c1c(C#N)oc2ccc(OCc3cccnc3C(C)F)cc12. The van der Waals surface area contributed by atoms with Crippen molar-refractivity contribution < 1.29 is 23.1 Å². The first kappa shape index (κ1) is 21.9. The van der Waals surface area contributed by atoms with Crippen LogP contribution in [0.2, 0.25) is 0 Å². The van der Waals surface area contributed by atoms with Crippen LogP contribution in [0.15, 0.2) is 40.9 Å². The summed E-state index contributed by atoms with van der Waals surface area (Å²) < 4.78 is 29.8. The molecule has 0 radical (unpaired) electrons. The predicted octanol–water partition coefficient (Wildman–Crippen LogP) is 5.51. The van der Waals surface area contributed by atoms with E-state index in [1.165, 1.54) is 13.1 Å². The van der Waals surface area contributed by atoms with E-state index in [-0.39, 0.29) is 24.5 Å². The molecule has 2 heterocycles. The molecule has 0 saturated carbocycles. The van der Waals surface area contributed by atoms with E-state index in [9.17, 15) is 14.4 Å². The van der Waals surface area contributed by atoms with Crippen molar-refractivity contribution >= 4 is 16.9 Å². The number of aromatic nitrogens is 1. The number of fused-ring (bicyclic) bond motifs is 1. The molecule has 7 heteroatoms. The summed E-state index contributed by atoms with van der Waals surface area (Å²) in [5, 5.41) is 9.64. The molecular formula is C22H23FN2O4. The van der Waals surface area contributed by atoms with Gasteiger partial charge in [-0.3, -0.25) is 4.98 Å². The highest BCUT2D eigenvalue weighted by atomic mass is 19.1. The Balaban J connectivity index is 0.00000145. The molecule has 0 fully saturated rings. The number of furan rings is 1. The van der Waals surface area contributed by atoms with Crippen molar-refractivity contribution in [2.24, 2.45) is 0 Å². The van der Waals surface area contributed by atoms with E-state index in [1.807, 2.05) is 19.9 Å². The first-order valence-electron chi connectivity index (χ1n) is 9.39. The molecule has 0 saturated heterocycles. The van der Waals surface area contributed by atoms with Gasteiger partial charge in [0.15, 0.2) is 0 Å². The van der Waals surface area contributed by atoms with Crippen LogP contribution >= 0.6 is 0 Å². The predicted molar refractivity (Wildman–Crippen MR) is 106 cm³/mol. The fourth-order valence-corrected chi connectivity index (χ4v) is 2.74. The summed E-state index contributed by atoms with van der Waals surface area (Å²) in [7, 11) is 0. The molecule has 3 rings (SSSR count). The van der Waals surface area contributed by atoms with Crippen molar-refractivity contribution in [2.45, 2.75) is 40.5 Å². The van der Waals surface area contributed by atoms with E-state index in [4.69, 9.17) is 13.9 Å². The third kappa shape index (κ3) is 4.91. The molecule has 0 aliphatic carbocycles. The van der Waals surface area contributed by atoms with Crippen molar-refractivity contribution in [2.75, 3.05) is 6.61 Å². The van der Waals surface area contributed by atoms with Gasteiger partial charge in [0.05, 0.1) is 12.3 Å². The van der Waals surface area contributed by atoms with Crippen LogP contribution in [0.1, 0.15) is 61.2 Å². The Morgan fingerprint density at radius 3 is 2.76 bits per heavy atom. The van der Waals surface area contributed by atoms with E-state index in [0.29, 0.717) is 28.0 Å². The molecule has 29 heavy (non-hydrogen) atoms. The van der Waals surface area contributed by atoms with Gasteiger partial charge in [-0.05, 0) is 38.1 Å². The standard InChI is InChI=1S/C20H17FN2O4.C2H6/c1-3-25-20(24)18-15-9-14(6-7-16(15)27-17(18)10-22)26-11-13-5-4-8-23-19(13)12(2)21;1-2/h4-9,12H,3,11H2,1-2H3;1-2H3. The zero-order valence-corrected chi connectivity index (χ0v) is 16.9. The fraction of sp³-hybridized carbons (Fsp3) is 0.318. The number of hydrogen-bond acceptors (Lipinski definition) is 6. The number of benzene rings is 1. The van der Waals surface area contributed by atoms with Gasteiger partial charge in [0.25, 0.3) is 0 Å². The van der Waals surface area contributed by atoms with Crippen LogP contribution in [-0.4, -0.2) is 17.6 Å². The lowest BCUT2D eigenvalue weighted by molar-refractivity contribution is 0.0527. The van der Waals surface area contributed by atoms with E-state index in [2.05, 4.69) is 4.98 Å². The van der Waals surface area contributed by atoms with Crippen LogP contribution in [0.3, 0.4) is 0 Å². The van der Waals surface area contributed by atoms with Gasteiger partial charge in [-0.25, -0.2) is 9.18 Å². The van der Waals surface area contributed by atoms with Gasteiger partial charge < -0.3 is 13.9 Å². The largest absolute Gasteiger partial charge is 0.489 e. The van der Waals surface area contributed by atoms with Gasteiger partial charge in [-0.2, -0.15) is 5.26 Å². The molecule has 0 spiro atoms. The number of pyridine rings is 1. The second kappa shape index (κ2) is 10.2. The number of alkyl halides is 1. The number of halogens is 1. The smallest absolute Gasteiger partial charge is 0.343 e. The molecule has 152 valence electrons. The van der Waals surface area contributed by atoms with Crippen molar-refractivity contribution in [3.8, 4) is 11.8 Å². The van der Waals surface area contributed by atoms with E-state index in [1.54, 1.807) is 37.3 Å². The lowest BCUT2D eigenvalue weighted by Gasteiger charge is -2.11. The Kier molecular flexibility index (Phi) is 7.72. The molecule has 1 aromatic carbocycles. The van der Waals surface area contributed by atoms with Crippen LogP contribution in [0.25, 0.3) is 11.0 Å². The Morgan fingerprint density at radius 1 is 1.34 bits per heavy atom. The maximum Gasteiger partial charge on any atom is 0.343 e. The van der Waals surface area contributed by atoms with Crippen molar-refractivity contribution in [1.82, 2.24) is 4.98 Å². The molecule has 0 N–H and O–H groups in total. The second-order valence-corrected chi connectivity index (χ2v) is 5.75. The molecule has 0 amide bonds. The molecule has 0 bridgehead atoms. The number of rotatable bonds is 6. The average Bonchev–Trinajstić information content (AvgIpc) is 3.12. The molecule has 1 atom stereocenters. The van der Waals surface area contributed by atoms with Crippen LogP contribution in [0, 0.1) is 11.3 Å². The maximum atomic E-state index is 13.7. The lowest BCUT2D eigenvalue weighted by Crippen LogP contribution is -2.06. The van der Waals surface area contributed by atoms with Crippen molar-refractivity contribution in [3.05, 3.63) is 59.1 Å². The number of ether oxygens (including phenoxy) is 2. The number of esters is 1. The fourth-order valence-electron chi connectivity index (χ4n) is 2.74. The number of carbonyl (C=O) groups is 1. The summed E-state index contributed by atoms with van der Waals surface area (Å²) in [5.41, 5.74) is 1.39. The molecule has 3 aromatic rings. The topological polar surface area (TPSA) is 85.4 Å². The molecule has 2 aromatic heterocycles. The van der Waals surface area contributed by atoms with Gasteiger partial charge in [-0.15, -0.1) is 0 Å². The summed E-state index contributed by atoms with van der Waals surface area (Å²) in [4.78, 5) is 16.2. The maximum absolute atomic E-state index is 13.7. The van der Waals surface area contributed by atoms with E-state index < -0.39 is 12.1 Å². The van der Waals surface area contributed by atoms with E-state index >= 15 is 0 Å². The highest BCUT2D eigenvalue weighted by molar-refractivity contribution is 6.05. The quantitative estimate of drug-likeness (QED) is 0.509. The first-order chi connectivity index (χ1) is 14.0. The summed E-state index contributed by atoms with van der Waals surface area (Å²) in [6.45, 7) is 7.38. The second-order valence-electron chi connectivity index (χ2n) is 5.75. The first-order valence-corrected chi connectivity index (χ1v) is 9.39. The average molecular weight is 398 g/mol. The molecule has 6 nitrogen and oxygen atoms in total.